The first-order valence-corrected chi connectivity index (χ1v) is 9.43. The Kier molecular flexibility index (Phi) is 4.81. The Morgan fingerprint density at radius 3 is 2.75 bits per heavy atom. The average Bonchev–Trinajstić information content (AvgIpc) is 3.10. The van der Waals surface area contributed by atoms with Gasteiger partial charge >= 0.3 is 0 Å². The third-order valence-corrected chi connectivity index (χ3v) is 5.96. The summed E-state index contributed by atoms with van der Waals surface area (Å²) < 4.78 is 35.0. The zero-order chi connectivity index (χ0) is 17.2. The molecule has 0 saturated heterocycles. The normalized spacial score (nSPS) is 21.6. The van der Waals surface area contributed by atoms with Gasteiger partial charge in [0.15, 0.2) is 0 Å². The van der Waals surface area contributed by atoms with Crippen LogP contribution in [0.25, 0.3) is 5.69 Å². The molecular weight excluding hydrogens is 330 g/mol. The molecule has 0 spiro atoms. The SMILES string of the molecule is COc1cc(S(=O)(=O)N[C@H]2CCCC[C@H]2C)ccc1-n1cnnn1. The van der Waals surface area contributed by atoms with Crippen LogP contribution >= 0.6 is 0 Å². The lowest BCUT2D eigenvalue weighted by atomic mass is 9.87. The van der Waals surface area contributed by atoms with Gasteiger partial charge in [0, 0.05) is 12.1 Å². The van der Waals surface area contributed by atoms with E-state index in [4.69, 9.17) is 4.74 Å². The van der Waals surface area contributed by atoms with Gasteiger partial charge in [-0.2, -0.15) is 4.68 Å². The van der Waals surface area contributed by atoms with E-state index >= 15 is 0 Å². The van der Waals surface area contributed by atoms with Gasteiger partial charge in [-0.1, -0.05) is 19.8 Å². The number of rotatable bonds is 5. The molecule has 1 aliphatic rings. The van der Waals surface area contributed by atoms with Gasteiger partial charge in [0.05, 0.1) is 12.0 Å². The minimum atomic E-state index is -3.60. The van der Waals surface area contributed by atoms with E-state index in [2.05, 4.69) is 27.2 Å². The number of aromatic nitrogens is 4. The summed E-state index contributed by atoms with van der Waals surface area (Å²) in [4.78, 5) is 0.175. The van der Waals surface area contributed by atoms with Crippen molar-refractivity contribution >= 4 is 10.0 Å². The number of hydrogen-bond donors (Lipinski definition) is 1. The molecule has 1 heterocycles. The molecule has 1 aromatic heterocycles. The van der Waals surface area contributed by atoms with Crippen LogP contribution in [0.15, 0.2) is 29.4 Å². The molecule has 24 heavy (non-hydrogen) atoms. The van der Waals surface area contributed by atoms with Crippen molar-refractivity contribution in [2.45, 2.75) is 43.5 Å². The average molecular weight is 351 g/mol. The van der Waals surface area contributed by atoms with Gasteiger partial charge in [0.1, 0.15) is 17.8 Å². The van der Waals surface area contributed by atoms with Crippen LogP contribution in [0.1, 0.15) is 32.6 Å². The number of hydrogen-bond acceptors (Lipinski definition) is 6. The van der Waals surface area contributed by atoms with Gasteiger partial charge in [-0.05, 0) is 41.3 Å². The van der Waals surface area contributed by atoms with Crippen LogP contribution in [0.2, 0.25) is 0 Å². The highest BCUT2D eigenvalue weighted by Crippen LogP contribution is 2.28. The molecule has 8 nitrogen and oxygen atoms in total. The quantitative estimate of drug-likeness (QED) is 0.877. The van der Waals surface area contributed by atoms with Crippen molar-refractivity contribution in [3.63, 3.8) is 0 Å². The van der Waals surface area contributed by atoms with E-state index in [0.717, 1.165) is 25.7 Å². The first kappa shape index (κ1) is 16.8. The van der Waals surface area contributed by atoms with E-state index in [1.54, 1.807) is 6.07 Å². The zero-order valence-electron chi connectivity index (χ0n) is 13.7. The van der Waals surface area contributed by atoms with Crippen molar-refractivity contribution < 1.29 is 13.2 Å². The molecule has 3 rings (SSSR count). The number of methoxy groups -OCH3 is 1. The number of tetrazole rings is 1. The summed E-state index contributed by atoms with van der Waals surface area (Å²) in [6, 6.07) is 4.64. The Bertz CT molecular complexity index is 791. The highest BCUT2D eigenvalue weighted by Gasteiger charge is 2.27. The van der Waals surface area contributed by atoms with E-state index in [1.165, 1.54) is 30.3 Å². The van der Waals surface area contributed by atoms with Crippen molar-refractivity contribution in [2.75, 3.05) is 7.11 Å². The maximum atomic E-state index is 12.7. The molecule has 1 aromatic carbocycles. The predicted octanol–water partition coefficient (Wildman–Crippen LogP) is 1.53. The summed E-state index contributed by atoms with van der Waals surface area (Å²) in [6.07, 6.45) is 5.57. The summed E-state index contributed by atoms with van der Waals surface area (Å²) in [5.74, 6) is 0.734. The van der Waals surface area contributed by atoms with Crippen molar-refractivity contribution in [3.8, 4) is 11.4 Å². The molecule has 9 heteroatoms. The summed E-state index contributed by atoms with van der Waals surface area (Å²) in [5, 5.41) is 11.0. The summed E-state index contributed by atoms with van der Waals surface area (Å²) in [6.45, 7) is 2.09. The first-order chi connectivity index (χ1) is 11.5. The summed E-state index contributed by atoms with van der Waals surface area (Å²) in [7, 11) is -2.12. The molecule has 1 saturated carbocycles. The Morgan fingerprint density at radius 2 is 2.08 bits per heavy atom. The highest BCUT2D eigenvalue weighted by molar-refractivity contribution is 7.89. The monoisotopic (exact) mass is 351 g/mol. The lowest BCUT2D eigenvalue weighted by molar-refractivity contribution is 0.310. The predicted molar refractivity (Wildman–Crippen MR) is 87.4 cm³/mol. The number of ether oxygens (including phenoxy) is 1. The second-order valence-electron chi connectivity index (χ2n) is 6.08. The maximum Gasteiger partial charge on any atom is 0.240 e. The number of benzene rings is 1. The summed E-state index contributed by atoms with van der Waals surface area (Å²) in [5.41, 5.74) is 0.576. The Balaban J connectivity index is 1.88. The smallest absolute Gasteiger partial charge is 0.240 e. The van der Waals surface area contributed by atoms with Crippen LogP contribution in [-0.2, 0) is 10.0 Å². The first-order valence-electron chi connectivity index (χ1n) is 7.95. The molecule has 0 aliphatic heterocycles. The largest absolute Gasteiger partial charge is 0.494 e. The second kappa shape index (κ2) is 6.86. The van der Waals surface area contributed by atoms with Gasteiger partial charge < -0.3 is 4.74 Å². The molecule has 130 valence electrons. The highest BCUT2D eigenvalue weighted by atomic mass is 32.2. The zero-order valence-corrected chi connectivity index (χ0v) is 14.5. The van der Waals surface area contributed by atoms with Gasteiger partial charge in [0.25, 0.3) is 0 Å². The molecule has 2 aromatic rings. The van der Waals surface area contributed by atoms with Gasteiger partial charge in [-0.25, -0.2) is 13.1 Å². The summed E-state index contributed by atoms with van der Waals surface area (Å²) >= 11 is 0. The van der Waals surface area contributed by atoms with Crippen LogP contribution < -0.4 is 9.46 Å². The third kappa shape index (κ3) is 3.41. The molecular formula is C15H21N5O3S. The van der Waals surface area contributed by atoms with Crippen LogP contribution in [0, 0.1) is 5.92 Å². The minimum Gasteiger partial charge on any atom is -0.494 e. The number of nitrogens with zero attached hydrogens (tertiary/aromatic N) is 4. The van der Waals surface area contributed by atoms with Crippen molar-refractivity contribution in [1.29, 1.82) is 0 Å². The Morgan fingerprint density at radius 1 is 1.29 bits per heavy atom. The van der Waals surface area contributed by atoms with E-state index in [0.29, 0.717) is 17.4 Å². The molecule has 0 unspecified atom stereocenters. The van der Waals surface area contributed by atoms with Gasteiger partial charge in [-0.15, -0.1) is 5.10 Å². The standard InChI is InChI=1S/C15H21N5O3S/c1-11-5-3-4-6-13(11)17-24(21,22)12-7-8-14(15(9-12)23-2)20-10-16-18-19-20/h7-11,13,17H,3-6H2,1-2H3/t11-,13+/m1/s1. The van der Waals surface area contributed by atoms with Crippen LogP contribution in [0.3, 0.4) is 0 Å². The fraction of sp³-hybridized carbons (Fsp3) is 0.533. The van der Waals surface area contributed by atoms with E-state index in [9.17, 15) is 8.42 Å². The minimum absolute atomic E-state index is 0.0195. The molecule has 0 radical (unpaired) electrons. The van der Waals surface area contributed by atoms with Gasteiger partial charge in [-0.3, -0.25) is 0 Å². The molecule has 1 N–H and O–H groups in total. The Labute approximate surface area is 141 Å². The second-order valence-corrected chi connectivity index (χ2v) is 7.79. The lowest BCUT2D eigenvalue weighted by Crippen LogP contribution is -2.40. The molecule has 1 aliphatic carbocycles. The van der Waals surface area contributed by atoms with Crippen molar-refractivity contribution in [2.24, 2.45) is 5.92 Å². The van der Waals surface area contributed by atoms with E-state index in [-0.39, 0.29) is 10.9 Å². The topological polar surface area (TPSA) is 99.0 Å². The van der Waals surface area contributed by atoms with E-state index in [1.807, 2.05) is 0 Å². The fourth-order valence-electron chi connectivity index (χ4n) is 3.04. The molecule has 0 bridgehead atoms. The lowest BCUT2D eigenvalue weighted by Gasteiger charge is -2.29. The number of nitrogens with one attached hydrogen (secondary N) is 1. The third-order valence-electron chi connectivity index (χ3n) is 4.48. The van der Waals surface area contributed by atoms with E-state index < -0.39 is 10.0 Å². The van der Waals surface area contributed by atoms with Crippen LogP contribution in [0.5, 0.6) is 5.75 Å². The maximum absolute atomic E-state index is 12.7. The molecule has 1 fully saturated rings. The Hall–Kier alpha value is -2.00. The van der Waals surface area contributed by atoms with Gasteiger partial charge in [0.2, 0.25) is 10.0 Å². The molecule has 2 atom stereocenters. The fourth-order valence-corrected chi connectivity index (χ4v) is 4.44. The van der Waals surface area contributed by atoms with Crippen LogP contribution in [-0.4, -0.2) is 41.8 Å². The van der Waals surface area contributed by atoms with Crippen LogP contribution in [0.4, 0.5) is 0 Å². The van der Waals surface area contributed by atoms with Crippen molar-refractivity contribution in [3.05, 3.63) is 24.5 Å². The molecule has 0 amide bonds. The number of sulfonamides is 1. The van der Waals surface area contributed by atoms with Crippen molar-refractivity contribution in [1.82, 2.24) is 24.9 Å².